The molecule has 0 fully saturated rings. The Kier molecular flexibility index (Phi) is 5.61. The van der Waals surface area contributed by atoms with Crippen LogP contribution in [0.25, 0.3) is 0 Å². The molecule has 0 bridgehead atoms. The van der Waals surface area contributed by atoms with Gasteiger partial charge in [0.1, 0.15) is 0 Å². The Morgan fingerprint density at radius 3 is 2.67 bits per heavy atom. The van der Waals surface area contributed by atoms with Crippen LogP contribution in [0.1, 0.15) is 12.5 Å². The fourth-order valence-electron chi connectivity index (χ4n) is 1.82. The van der Waals surface area contributed by atoms with Gasteiger partial charge in [0.2, 0.25) is 0 Å². The van der Waals surface area contributed by atoms with Crippen LogP contribution in [-0.2, 0) is 6.54 Å². The minimum absolute atomic E-state index is 0.0929. The van der Waals surface area contributed by atoms with Crippen molar-refractivity contribution in [3.63, 3.8) is 0 Å². The molecular weight excluding hydrogens is 308 g/mol. The third-order valence-electron chi connectivity index (χ3n) is 2.86. The van der Waals surface area contributed by atoms with E-state index in [0.29, 0.717) is 9.92 Å². The Hall–Kier alpha value is -1.56. The van der Waals surface area contributed by atoms with Gasteiger partial charge in [-0.25, -0.2) is 0 Å². The van der Waals surface area contributed by atoms with Crippen molar-refractivity contribution in [1.82, 2.24) is 5.32 Å². The molecule has 0 saturated carbocycles. The summed E-state index contributed by atoms with van der Waals surface area (Å²) in [4.78, 5) is 12.0. The van der Waals surface area contributed by atoms with E-state index in [1.54, 1.807) is 18.2 Å². The summed E-state index contributed by atoms with van der Waals surface area (Å²) in [5, 5.41) is 14.9. The van der Waals surface area contributed by atoms with E-state index in [-0.39, 0.29) is 10.6 Å². The van der Waals surface area contributed by atoms with Gasteiger partial charge in [0, 0.05) is 17.5 Å². The van der Waals surface area contributed by atoms with Crippen molar-refractivity contribution in [2.75, 3.05) is 6.54 Å². The van der Waals surface area contributed by atoms with Crippen molar-refractivity contribution in [3.05, 3.63) is 63.2 Å². The van der Waals surface area contributed by atoms with Gasteiger partial charge in [0.15, 0.2) is 0 Å². The molecular formula is C15H15ClN2O2S. The predicted octanol–water partition coefficient (Wildman–Crippen LogP) is 4.51. The van der Waals surface area contributed by atoms with E-state index in [2.05, 4.69) is 5.32 Å². The molecule has 2 aromatic carbocycles. The summed E-state index contributed by atoms with van der Waals surface area (Å²) in [6, 6.07) is 12.4. The number of rotatable bonds is 6. The third kappa shape index (κ3) is 4.20. The Morgan fingerprint density at radius 1 is 1.24 bits per heavy atom. The molecule has 0 unspecified atom stereocenters. The third-order valence-corrected chi connectivity index (χ3v) is 4.42. The number of hydrogen-bond acceptors (Lipinski definition) is 4. The molecule has 0 atom stereocenters. The summed E-state index contributed by atoms with van der Waals surface area (Å²) in [5.41, 5.74) is 1.18. The van der Waals surface area contributed by atoms with E-state index in [1.807, 2.05) is 25.1 Å². The normalized spacial score (nSPS) is 10.6. The number of benzene rings is 2. The second kappa shape index (κ2) is 7.45. The second-order valence-corrected chi connectivity index (χ2v) is 5.86. The number of nitro benzene ring substituents is 1. The van der Waals surface area contributed by atoms with Gasteiger partial charge in [-0.05, 0) is 30.3 Å². The maximum Gasteiger partial charge on any atom is 0.283 e. The Bertz CT molecular complexity index is 649. The molecule has 2 rings (SSSR count). The molecule has 0 heterocycles. The highest BCUT2D eigenvalue weighted by molar-refractivity contribution is 7.99. The van der Waals surface area contributed by atoms with Crippen molar-refractivity contribution in [3.8, 4) is 0 Å². The first-order valence-electron chi connectivity index (χ1n) is 6.52. The van der Waals surface area contributed by atoms with Gasteiger partial charge in [-0.2, -0.15) is 0 Å². The zero-order valence-corrected chi connectivity index (χ0v) is 13.1. The number of nitrogens with zero attached hydrogens (tertiary/aromatic N) is 1. The first-order chi connectivity index (χ1) is 10.1. The summed E-state index contributed by atoms with van der Waals surface area (Å²) in [7, 11) is 0. The fraction of sp³-hybridized carbons (Fsp3) is 0.200. The van der Waals surface area contributed by atoms with Gasteiger partial charge in [0.05, 0.1) is 14.8 Å². The zero-order valence-electron chi connectivity index (χ0n) is 11.5. The lowest BCUT2D eigenvalue weighted by Crippen LogP contribution is -2.11. The summed E-state index contributed by atoms with van der Waals surface area (Å²) in [6.07, 6.45) is 0. The van der Waals surface area contributed by atoms with Crippen LogP contribution in [0.5, 0.6) is 0 Å². The first kappa shape index (κ1) is 15.8. The van der Waals surface area contributed by atoms with Crippen LogP contribution < -0.4 is 5.32 Å². The molecule has 21 heavy (non-hydrogen) atoms. The summed E-state index contributed by atoms with van der Waals surface area (Å²) in [6.45, 7) is 3.69. The smallest absolute Gasteiger partial charge is 0.283 e. The summed E-state index contributed by atoms with van der Waals surface area (Å²) < 4.78 is 0. The molecule has 110 valence electrons. The average Bonchev–Trinajstić information content (AvgIpc) is 2.48. The number of hydrogen-bond donors (Lipinski definition) is 1. The lowest BCUT2D eigenvalue weighted by molar-refractivity contribution is -0.387. The van der Waals surface area contributed by atoms with Gasteiger partial charge in [-0.1, -0.05) is 48.5 Å². The number of nitro groups is 1. The Labute approximate surface area is 132 Å². The Balaban J connectivity index is 2.22. The largest absolute Gasteiger partial charge is 0.313 e. The van der Waals surface area contributed by atoms with Gasteiger partial charge in [-0.3, -0.25) is 10.1 Å². The van der Waals surface area contributed by atoms with Crippen molar-refractivity contribution in [1.29, 1.82) is 0 Å². The molecule has 0 aliphatic heterocycles. The van der Waals surface area contributed by atoms with Crippen molar-refractivity contribution < 1.29 is 4.92 Å². The monoisotopic (exact) mass is 322 g/mol. The van der Waals surface area contributed by atoms with Crippen molar-refractivity contribution in [2.45, 2.75) is 23.3 Å². The highest BCUT2D eigenvalue weighted by atomic mass is 35.5. The van der Waals surface area contributed by atoms with Crippen LogP contribution in [0, 0.1) is 10.1 Å². The topological polar surface area (TPSA) is 55.2 Å². The minimum atomic E-state index is -0.379. The SMILES string of the molecule is CCNCc1ccc(Sc2ccccc2[N+](=O)[O-])c(Cl)c1. The van der Waals surface area contributed by atoms with Gasteiger partial charge >= 0.3 is 0 Å². The second-order valence-electron chi connectivity index (χ2n) is 4.37. The number of para-hydroxylation sites is 1. The molecule has 1 N–H and O–H groups in total. The predicted molar refractivity (Wildman–Crippen MR) is 86.1 cm³/mol. The summed E-state index contributed by atoms with van der Waals surface area (Å²) in [5.74, 6) is 0. The average molecular weight is 323 g/mol. The van der Waals surface area contributed by atoms with Crippen molar-refractivity contribution >= 4 is 29.1 Å². The lowest BCUT2D eigenvalue weighted by atomic mass is 10.2. The van der Waals surface area contributed by atoms with Crippen LogP contribution >= 0.6 is 23.4 Å². The molecule has 0 aliphatic rings. The molecule has 0 radical (unpaired) electrons. The summed E-state index contributed by atoms with van der Waals surface area (Å²) >= 11 is 7.58. The van der Waals surface area contributed by atoms with E-state index in [9.17, 15) is 10.1 Å². The highest BCUT2D eigenvalue weighted by Gasteiger charge is 2.14. The molecule has 0 amide bonds. The first-order valence-corrected chi connectivity index (χ1v) is 7.71. The standard InChI is InChI=1S/C15H15ClN2O2S/c1-2-17-10-11-7-8-14(12(16)9-11)21-15-6-4-3-5-13(15)18(19)20/h3-9,17H,2,10H2,1H3. The molecule has 0 saturated heterocycles. The van der Waals surface area contributed by atoms with E-state index < -0.39 is 0 Å². The van der Waals surface area contributed by atoms with Gasteiger partial charge < -0.3 is 5.32 Å². The maximum atomic E-state index is 11.0. The highest BCUT2D eigenvalue weighted by Crippen LogP contribution is 2.38. The van der Waals surface area contributed by atoms with Crippen LogP contribution in [0.4, 0.5) is 5.69 Å². The zero-order chi connectivity index (χ0) is 15.2. The quantitative estimate of drug-likeness (QED) is 0.628. The van der Waals surface area contributed by atoms with Gasteiger partial charge in [0.25, 0.3) is 5.69 Å². The fourth-order valence-corrected chi connectivity index (χ4v) is 3.06. The molecule has 0 aromatic heterocycles. The Morgan fingerprint density at radius 2 is 2.00 bits per heavy atom. The van der Waals surface area contributed by atoms with Gasteiger partial charge in [-0.15, -0.1) is 0 Å². The van der Waals surface area contributed by atoms with Crippen LogP contribution in [0.3, 0.4) is 0 Å². The van der Waals surface area contributed by atoms with E-state index in [0.717, 1.165) is 23.5 Å². The molecule has 6 heteroatoms. The van der Waals surface area contributed by atoms with Crippen LogP contribution in [0.15, 0.2) is 52.3 Å². The van der Waals surface area contributed by atoms with E-state index >= 15 is 0 Å². The van der Waals surface area contributed by atoms with E-state index in [4.69, 9.17) is 11.6 Å². The van der Waals surface area contributed by atoms with Crippen molar-refractivity contribution in [2.24, 2.45) is 0 Å². The minimum Gasteiger partial charge on any atom is -0.313 e. The van der Waals surface area contributed by atoms with Crippen LogP contribution in [-0.4, -0.2) is 11.5 Å². The molecule has 0 aliphatic carbocycles. The molecule has 0 spiro atoms. The maximum absolute atomic E-state index is 11.0. The van der Waals surface area contributed by atoms with Crippen LogP contribution in [0.2, 0.25) is 5.02 Å². The lowest BCUT2D eigenvalue weighted by Gasteiger charge is -2.08. The molecule has 4 nitrogen and oxygen atoms in total. The number of halogens is 1. The molecule has 2 aromatic rings. The number of nitrogens with one attached hydrogen (secondary N) is 1. The van der Waals surface area contributed by atoms with E-state index in [1.165, 1.54) is 17.8 Å².